The van der Waals surface area contributed by atoms with Crippen molar-refractivity contribution in [3.63, 3.8) is 0 Å². The Morgan fingerprint density at radius 1 is 1.12 bits per heavy atom. The van der Waals surface area contributed by atoms with Gasteiger partial charge in [-0.05, 0) is 55.7 Å². The smallest absolute Gasteiger partial charge is 0.284 e. The first-order valence-electron chi connectivity index (χ1n) is 11.2. The fourth-order valence-corrected chi connectivity index (χ4v) is 6.86. The van der Waals surface area contributed by atoms with E-state index in [-0.39, 0.29) is 34.3 Å². The summed E-state index contributed by atoms with van der Waals surface area (Å²) in [6, 6.07) is 13.5. The van der Waals surface area contributed by atoms with Gasteiger partial charge in [0, 0.05) is 22.6 Å². The summed E-state index contributed by atoms with van der Waals surface area (Å²) in [6.45, 7) is 1.90. The van der Waals surface area contributed by atoms with Gasteiger partial charge in [0.15, 0.2) is 5.17 Å². The van der Waals surface area contributed by atoms with Crippen LogP contribution in [0.2, 0.25) is 0 Å². The normalized spacial score (nSPS) is 20.6. The Hall–Kier alpha value is -2.17. The Morgan fingerprint density at radius 3 is 2.47 bits per heavy atom. The summed E-state index contributed by atoms with van der Waals surface area (Å²) in [7, 11) is -4.01. The average molecular weight is 565 g/mol. The lowest BCUT2D eigenvalue weighted by molar-refractivity contribution is -0.130. The zero-order valence-electron chi connectivity index (χ0n) is 18.7. The van der Waals surface area contributed by atoms with Gasteiger partial charge in [-0.1, -0.05) is 65.2 Å². The molecule has 1 atom stereocenters. The predicted molar refractivity (Wildman–Crippen MR) is 138 cm³/mol. The minimum atomic E-state index is -4.01. The van der Waals surface area contributed by atoms with E-state index in [4.69, 9.17) is 0 Å². The number of thioether (sulfide) groups is 1. The topological polar surface area (TPSA) is 95.9 Å². The van der Waals surface area contributed by atoms with Crippen LogP contribution in [-0.4, -0.2) is 41.6 Å². The van der Waals surface area contributed by atoms with Gasteiger partial charge < -0.3 is 5.32 Å². The summed E-state index contributed by atoms with van der Waals surface area (Å²) in [6.07, 6.45) is 4.59. The van der Waals surface area contributed by atoms with E-state index in [1.54, 1.807) is 12.1 Å². The first-order valence-corrected chi connectivity index (χ1v) is 14.3. The van der Waals surface area contributed by atoms with Crippen molar-refractivity contribution in [2.24, 2.45) is 4.40 Å². The number of amidine groups is 1. The van der Waals surface area contributed by atoms with Crippen molar-refractivity contribution in [1.29, 1.82) is 0 Å². The van der Waals surface area contributed by atoms with Gasteiger partial charge in [-0.3, -0.25) is 14.5 Å². The molecule has 10 heteroatoms. The molecule has 180 valence electrons. The van der Waals surface area contributed by atoms with Crippen molar-refractivity contribution in [2.45, 2.75) is 61.6 Å². The monoisotopic (exact) mass is 563 g/mol. The molecule has 0 aromatic heterocycles. The summed E-state index contributed by atoms with van der Waals surface area (Å²) in [5, 5.41) is 2.30. The maximum atomic E-state index is 13.4. The quantitative estimate of drug-likeness (QED) is 0.527. The highest BCUT2D eigenvalue weighted by atomic mass is 79.9. The van der Waals surface area contributed by atoms with Crippen LogP contribution in [0.15, 0.2) is 62.3 Å². The summed E-state index contributed by atoms with van der Waals surface area (Å²) in [5.41, 5.74) is 1.62. The maximum absolute atomic E-state index is 13.4. The number of nitrogens with zero attached hydrogens (tertiary/aromatic N) is 2. The minimum absolute atomic E-state index is 0.0561. The van der Waals surface area contributed by atoms with E-state index in [0.29, 0.717) is 5.69 Å². The van der Waals surface area contributed by atoms with Crippen molar-refractivity contribution in [3.8, 4) is 0 Å². The molecule has 1 aliphatic heterocycles. The minimum Gasteiger partial charge on any atom is -0.326 e. The van der Waals surface area contributed by atoms with Gasteiger partial charge in [0.1, 0.15) is 5.25 Å². The molecule has 4 rings (SSSR count). The second kappa shape index (κ2) is 10.6. The molecule has 7 nitrogen and oxygen atoms in total. The van der Waals surface area contributed by atoms with Crippen LogP contribution in [0.25, 0.3) is 0 Å². The van der Waals surface area contributed by atoms with E-state index in [9.17, 15) is 18.0 Å². The maximum Gasteiger partial charge on any atom is 0.284 e. The molecule has 2 aliphatic rings. The molecule has 2 aromatic carbocycles. The van der Waals surface area contributed by atoms with Crippen LogP contribution in [0.3, 0.4) is 0 Å². The van der Waals surface area contributed by atoms with Crippen LogP contribution in [0.1, 0.15) is 44.1 Å². The molecule has 2 amide bonds. The van der Waals surface area contributed by atoms with Gasteiger partial charge in [-0.2, -0.15) is 8.42 Å². The van der Waals surface area contributed by atoms with Crippen molar-refractivity contribution in [2.75, 3.05) is 5.32 Å². The number of sulfonamides is 1. The number of amides is 2. The Bertz CT molecular complexity index is 1210. The van der Waals surface area contributed by atoms with Gasteiger partial charge in [0.2, 0.25) is 11.8 Å². The number of benzene rings is 2. The van der Waals surface area contributed by atoms with Crippen LogP contribution in [0, 0.1) is 6.92 Å². The molecule has 1 saturated heterocycles. The van der Waals surface area contributed by atoms with E-state index in [2.05, 4.69) is 25.6 Å². The summed E-state index contributed by atoms with van der Waals surface area (Å²) >= 11 is 4.37. The van der Waals surface area contributed by atoms with Crippen LogP contribution >= 0.6 is 27.7 Å². The number of aryl methyl sites for hydroxylation is 1. The third-order valence-corrected chi connectivity index (χ3v) is 9.08. The Kier molecular flexibility index (Phi) is 7.79. The largest absolute Gasteiger partial charge is 0.326 e. The fourth-order valence-electron chi connectivity index (χ4n) is 4.20. The average Bonchev–Trinajstić information content (AvgIpc) is 3.10. The van der Waals surface area contributed by atoms with Crippen LogP contribution in [0.4, 0.5) is 5.69 Å². The second-order valence-corrected chi connectivity index (χ2v) is 12.2. The number of hydrogen-bond donors (Lipinski definition) is 1. The number of nitrogens with one attached hydrogen (secondary N) is 1. The summed E-state index contributed by atoms with van der Waals surface area (Å²) in [5.74, 6) is -0.539. The number of hydrogen-bond acceptors (Lipinski definition) is 5. The van der Waals surface area contributed by atoms with E-state index in [1.807, 2.05) is 31.2 Å². The SMILES string of the molecule is Cc1ccccc1NC(=O)C[C@@H]1SC(=NS(=O)(=O)c2ccc(Br)cc2)N(C2CCCCC2)C1=O. The second-order valence-electron chi connectivity index (χ2n) is 8.48. The van der Waals surface area contributed by atoms with Gasteiger partial charge in [0.05, 0.1) is 4.90 Å². The van der Waals surface area contributed by atoms with E-state index >= 15 is 0 Å². The van der Waals surface area contributed by atoms with E-state index in [0.717, 1.165) is 53.9 Å². The number of anilines is 1. The molecule has 34 heavy (non-hydrogen) atoms. The van der Waals surface area contributed by atoms with Gasteiger partial charge in [-0.25, -0.2) is 0 Å². The number of carbonyl (C=O) groups excluding carboxylic acids is 2. The molecule has 0 bridgehead atoms. The number of para-hydroxylation sites is 1. The molecule has 2 fully saturated rings. The zero-order valence-corrected chi connectivity index (χ0v) is 22.0. The van der Waals surface area contributed by atoms with Crippen molar-refractivity contribution < 1.29 is 18.0 Å². The van der Waals surface area contributed by atoms with Crippen molar-refractivity contribution >= 4 is 60.4 Å². The number of halogens is 1. The molecular weight excluding hydrogens is 538 g/mol. The zero-order chi connectivity index (χ0) is 24.3. The van der Waals surface area contributed by atoms with Gasteiger partial charge in [-0.15, -0.1) is 4.40 Å². The van der Waals surface area contributed by atoms with E-state index < -0.39 is 15.3 Å². The standard InChI is InChI=1S/C24H26BrN3O4S2/c1-16-7-5-6-10-20(16)26-22(29)15-21-23(30)28(18-8-3-2-4-9-18)24(33-21)27-34(31,32)19-13-11-17(25)12-14-19/h5-7,10-14,18,21H,2-4,8-9,15H2,1H3,(H,26,29)/t21-/m0/s1. The highest BCUT2D eigenvalue weighted by Gasteiger charge is 2.43. The predicted octanol–water partition coefficient (Wildman–Crippen LogP) is 5.11. The van der Waals surface area contributed by atoms with Crippen LogP contribution in [0.5, 0.6) is 0 Å². The molecule has 1 N–H and O–H groups in total. The molecule has 0 unspecified atom stereocenters. The molecule has 0 spiro atoms. The fraction of sp³-hybridized carbons (Fsp3) is 0.375. The summed E-state index contributed by atoms with van der Waals surface area (Å²) < 4.78 is 30.9. The molecule has 1 aliphatic carbocycles. The highest BCUT2D eigenvalue weighted by Crippen LogP contribution is 2.36. The van der Waals surface area contributed by atoms with Crippen LogP contribution in [-0.2, 0) is 19.6 Å². The summed E-state index contributed by atoms with van der Waals surface area (Å²) in [4.78, 5) is 27.7. The van der Waals surface area contributed by atoms with Crippen molar-refractivity contribution in [3.05, 3.63) is 58.6 Å². The lowest BCUT2D eigenvalue weighted by atomic mass is 9.94. The Labute approximate surface area is 212 Å². The molecule has 2 aromatic rings. The molecule has 1 saturated carbocycles. The van der Waals surface area contributed by atoms with Gasteiger partial charge >= 0.3 is 0 Å². The Balaban J connectivity index is 1.58. The highest BCUT2D eigenvalue weighted by molar-refractivity contribution is 9.10. The van der Waals surface area contributed by atoms with Crippen LogP contribution < -0.4 is 5.32 Å². The van der Waals surface area contributed by atoms with E-state index in [1.165, 1.54) is 17.0 Å². The number of carbonyl (C=O) groups is 2. The number of rotatable bonds is 6. The molecule has 0 radical (unpaired) electrons. The molecule has 1 heterocycles. The first-order chi connectivity index (χ1) is 16.2. The third-order valence-electron chi connectivity index (χ3n) is 6.01. The van der Waals surface area contributed by atoms with Crippen molar-refractivity contribution in [1.82, 2.24) is 4.90 Å². The Morgan fingerprint density at radius 2 is 1.79 bits per heavy atom. The molecular formula is C24H26BrN3O4S2. The first kappa shape index (κ1) is 24.9. The lowest BCUT2D eigenvalue weighted by Crippen LogP contribution is -2.42. The third kappa shape index (κ3) is 5.72. The lowest BCUT2D eigenvalue weighted by Gasteiger charge is -2.30. The van der Waals surface area contributed by atoms with Gasteiger partial charge in [0.25, 0.3) is 10.0 Å².